The van der Waals surface area contributed by atoms with Crippen LogP contribution >= 0.6 is 0 Å². The number of nitrogens with one attached hydrogen (secondary N) is 2. The van der Waals surface area contributed by atoms with Crippen LogP contribution in [0.4, 0.5) is 0 Å². The first kappa shape index (κ1) is 21.5. The zero-order chi connectivity index (χ0) is 23.2. The van der Waals surface area contributed by atoms with Gasteiger partial charge in [0.1, 0.15) is 0 Å². The molecule has 0 radical (unpaired) electrons. The largest absolute Gasteiger partial charge is 0.382 e. The Hall–Kier alpha value is -3.32. The van der Waals surface area contributed by atoms with Crippen molar-refractivity contribution in [3.05, 3.63) is 76.9 Å². The van der Waals surface area contributed by atoms with E-state index in [0.29, 0.717) is 19.4 Å². The number of aromatic nitrogens is 1. The van der Waals surface area contributed by atoms with Gasteiger partial charge in [0.15, 0.2) is 6.17 Å². The maximum absolute atomic E-state index is 13.7. The zero-order valence-electron chi connectivity index (χ0n) is 19.5. The van der Waals surface area contributed by atoms with Crippen LogP contribution in [0.2, 0.25) is 0 Å². The number of azo groups is 1. The first-order chi connectivity index (χ1) is 15.9. The summed E-state index contributed by atoms with van der Waals surface area (Å²) >= 11 is 0. The van der Waals surface area contributed by atoms with Crippen LogP contribution < -0.4 is 10.6 Å². The van der Waals surface area contributed by atoms with E-state index in [-0.39, 0.29) is 12.1 Å². The van der Waals surface area contributed by atoms with Crippen molar-refractivity contribution in [2.24, 2.45) is 10.2 Å². The third-order valence-electron chi connectivity index (χ3n) is 7.10. The van der Waals surface area contributed by atoms with Crippen molar-refractivity contribution in [2.45, 2.75) is 50.7 Å². The molecule has 0 bridgehead atoms. The van der Waals surface area contributed by atoms with E-state index in [0.717, 1.165) is 39.1 Å². The predicted molar refractivity (Wildman–Crippen MR) is 126 cm³/mol. The summed E-state index contributed by atoms with van der Waals surface area (Å²) in [7, 11) is 1.66. The molecule has 4 heterocycles. The fraction of sp³-hybridized carbons (Fsp3) is 0.385. The van der Waals surface area contributed by atoms with Crippen molar-refractivity contribution in [3.63, 3.8) is 0 Å². The quantitative estimate of drug-likeness (QED) is 0.726. The second kappa shape index (κ2) is 7.92. The van der Waals surface area contributed by atoms with Gasteiger partial charge in [-0.1, -0.05) is 25.1 Å². The highest BCUT2D eigenvalue weighted by Crippen LogP contribution is 2.51. The molecule has 1 aromatic carbocycles. The lowest BCUT2D eigenvalue weighted by Gasteiger charge is -2.48. The van der Waals surface area contributed by atoms with Gasteiger partial charge >= 0.3 is 0 Å². The van der Waals surface area contributed by atoms with Crippen LogP contribution in [0.1, 0.15) is 37.8 Å². The summed E-state index contributed by atoms with van der Waals surface area (Å²) in [5, 5.41) is 15.4. The van der Waals surface area contributed by atoms with Gasteiger partial charge in [0.25, 0.3) is 5.91 Å². The number of benzene rings is 1. The van der Waals surface area contributed by atoms with E-state index >= 15 is 0 Å². The molecule has 5 rings (SSSR count). The molecule has 1 amide bonds. The third kappa shape index (κ3) is 3.30. The zero-order valence-corrected chi connectivity index (χ0v) is 19.5. The topological polar surface area (TPSA) is 88.0 Å². The molecular weight excluding hydrogens is 414 g/mol. The van der Waals surface area contributed by atoms with E-state index in [4.69, 9.17) is 4.74 Å². The second-order valence-electron chi connectivity index (χ2n) is 9.37. The monoisotopic (exact) mass is 443 g/mol. The van der Waals surface area contributed by atoms with Crippen molar-refractivity contribution in [1.29, 1.82) is 0 Å². The van der Waals surface area contributed by atoms with Crippen molar-refractivity contribution in [1.82, 2.24) is 15.6 Å². The minimum Gasteiger partial charge on any atom is -0.382 e. The van der Waals surface area contributed by atoms with Crippen molar-refractivity contribution in [2.75, 3.05) is 13.7 Å². The van der Waals surface area contributed by atoms with Gasteiger partial charge in [-0.2, -0.15) is 10.2 Å². The molecule has 0 fully saturated rings. The molecule has 7 nitrogen and oxygen atoms in total. The standard InChI is InChI=1S/C26H29N5O2/c1-5-26(18-8-6-7-17(11-18)19-9-10-27-13-16(19)2)20-14-28-31-23(20)29-21-12-25(3,15-33-4)30-24(32)22(21)26/h6-11,13-14,23,29H,5,12,15H2,1-4H3,(H,30,32)/t23?,25?,26-/m0/s1. The number of hydrogen-bond donors (Lipinski definition) is 2. The molecule has 1 aromatic heterocycles. The molecule has 3 aliphatic heterocycles. The van der Waals surface area contributed by atoms with Gasteiger partial charge in [0, 0.05) is 37.2 Å². The lowest BCUT2D eigenvalue weighted by Crippen LogP contribution is -2.60. The molecule has 0 aliphatic carbocycles. The van der Waals surface area contributed by atoms with Crippen LogP contribution in [-0.2, 0) is 14.9 Å². The number of methoxy groups -OCH3 is 1. The van der Waals surface area contributed by atoms with Gasteiger partial charge in [0.2, 0.25) is 0 Å². The number of ether oxygens (including phenoxy) is 1. The second-order valence-corrected chi connectivity index (χ2v) is 9.37. The number of amides is 1. The number of nitrogens with zero attached hydrogens (tertiary/aromatic N) is 3. The van der Waals surface area contributed by atoms with Gasteiger partial charge in [-0.05, 0) is 54.7 Å². The Bertz CT molecular complexity index is 1220. The number of fused-ring (bicyclic) bond motifs is 1. The molecule has 170 valence electrons. The fourth-order valence-corrected chi connectivity index (χ4v) is 5.68. The van der Waals surface area contributed by atoms with Crippen LogP contribution in [-0.4, -0.2) is 36.3 Å². The highest BCUT2D eigenvalue weighted by Gasteiger charge is 2.53. The van der Waals surface area contributed by atoms with E-state index < -0.39 is 11.0 Å². The molecule has 7 heteroatoms. The SMILES string of the molecule is CC[C@]1(c2cccc(-c3ccncc3C)c2)C2=CN=NC2NC2=C1C(=O)NC(C)(COC)C2. The number of aryl methyl sites for hydroxylation is 1. The lowest BCUT2D eigenvalue weighted by atomic mass is 9.62. The summed E-state index contributed by atoms with van der Waals surface area (Å²) in [6.07, 6.45) is 6.61. The minimum atomic E-state index is -0.621. The van der Waals surface area contributed by atoms with Crippen molar-refractivity contribution < 1.29 is 9.53 Å². The lowest BCUT2D eigenvalue weighted by molar-refractivity contribution is -0.121. The summed E-state index contributed by atoms with van der Waals surface area (Å²) in [4.78, 5) is 17.9. The van der Waals surface area contributed by atoms with Gasteiger partial charge in [0.05, 0.1) is 29.3 Å². The predicted octanol–water partition coefficient (Wildman–Crippen LogP) is 4.16. The third-order valence-corrected chi connectivity index (χ3v) is 7.10. The van der Waals surface area contributed by atoms with Gasteiger partial charge in [-0.15, -0.1) is 0 Å². The van der Waals surface area contributed by atoms with Crippen LogP contribution in [0.5, 0.6) is 0 Å². The molecule has 0 saturated heterocycles. The summed E-state index contributed by atoms with van der Waals surface area (Å²) in [6, 6.07) is 10.5. The number of rotatable bonds is 5. The van der Waals surface area contributed by atoms with Gasteiger partial charge in [-0.25, -0.2) is 0 Å². The Morgan fingerprint density at radius 2 is 2.12 bits per heavy atom. The van der Waals surface area contributed by atoms with Gasteiger partial charge < -0.3 is 15.4 Å². The molecule has 3 atom stereocenters. The Balaban J connectivity index is 1.71. The molecule has 0 spiro atoms. The highest BCUT2D eigenvalue weighted by atomic mass is 16.5. The van der Waals surface area contributed by atoms with Crippen molar-refractivity contribution in [3.8, 4) is 11.1 Å². The molecule has 33 heavy (non-hydrogen) atoms. The van der Waals surface area contributed by atoms with E-state index in [1.54, 1.807) is 7.11 Å². The Labute approximate surface area is 194 Å². The maximum atomic E-state index is 13.7. The molecule has 3 aliphatic rings. The highest BCUT2D eigenvalue weighted by molar-refractivity contribution is 6.00. The number of carbonyl (C=O) groups excluding carboxylic acids is 1. The number of hydrogen-bond acceptors (Lipinski definition) is 6. The van der Waals surface area contributed by atoms with Crippen LogP contribution in [0.3, 0.4) is 0 Å². The Kier molecular flexibility index (Phi) is 5.16. The van der Waals surface area contributed by atoms with Crippen LogP contribution in [0, 0.1) is 6.92 Å². The van der Waals surface area contributed by atoms with E-state index in [1.165, 1.54) is 0 Å². The molecule has 0 saturated carbocycles. The van der Waals surface area contributed by atoms with E-state index in [9.17, 15) is 4.79 Å². The summed E-state index contributed by atoms with van der Waals surface area (Å²) < 4.78 is 5.41. The van der Waals surface area contributed by atoms with Crippen LogP contribution in [0.15, 0.2) is 76.0 Å². The van der Waals surface area contributed by atoms with Crippen molar-refractivity contribution >= 4 is 5.91 Å². The van der Waals surface area contributed by atoms with E-state index in [2.05, 4.69) is 64.0 Å². The van der Waals surface area contributed by atoms with Crippen LogP contribution in [0.25, 0.3) is 11.1 Å². The maximum Gasteiger partial charge on any atom is 0.250 e. The molecule has 2 N–H and O–H groups in total. The molecule has 2 aromatic rings. The first-order valence-electron chi connectivity index (χ1n) is 11.4. The molecule has 2 unspecified atom stereocenters. The average molecular weight is 444 g/mol. The normalized spacial score (nSPS) is 28.1. The Morgan fingerprint density at radius 1 is 1.27 bits per heavy atom. The summed E-state index contributed by atoms with van der Waals surface area (Å²) in [5.41, 5.74) is 6.01. The smallest absolute Gasteiger partial charge is 0.250 e. The summed E-state index contributed by atoms with van der Waals surface area (Å²) in [5.74, 6) is -0.0677. The number of pyridine rings is 1. The average Bonchev–Trinajstić information content (AvgIpc) is 3.26. The Morgan fingerprint density at radius 3 is 2.88 bits per heavy atom. The number of carbonyl (C=O) groups is 1. The fourth-order valence-electron chi connectivity index (χ4n) is 5.68. The van der Waals surface area contributed by atoms with E-state index in [1.807, 2.05) is 31.6 Å². The minimum absolute atomic E-state index is 0.0677. The molecular formula is C26H29N5O2. The van der Waals surface area contributed by atoms with Gasteiger partial charge in [-0.3, -0.25) is 9.78 Å². The summed E-state index contributed by atoms with van der Waals surface area (Å²) in [6.45, 7) is 6.64. The first-order valence-corrected chi connectivity index (χ1v) is 11.4.